The van der Waals surface area contributed by atoms with Gasteiger partial charge in [0.05, 0.1) is 13.2 Å². The molecule has 1 aromatic carbocycles. The average Bonchev–Trinajstić information content (AvgIpc) is 3.09. The van der Waals surface area contributed by atoms with Gasteiger partial charge in [0.2, 0.25) is 0 Å². The molecular formula is C16H20O4. The van der Waals surface area contributed by atoms with Crippen LogP contribution in [0.1, 0.15) is 38.7 Å². The number of hydrogen-bond donors (Lipinski definition) is 0. The molecule has 1 spiro atoms. The molecule has 108 valence electrons. The number of ether oxygens (including phenoxy) is 3. The summed E-state index contributed by atoms with van der Waals surface area (Å²) in [7, 11) is 0. The molecule has 0 aliphatic carbocycles. The van der Waals surface area contributed by atoms with Gasteiger partial charge in [0, 0.05) is 12.0 Å². The predicted molar refractivity (Wildman–Crippen MR) is 73.6 cm³/mol. The van der Waals surface area contributed by atoms with Gasteiger partial charge in [-0.25, -0.2) is 4.79 Å². The Morgan fingerprint density at radius 2 is 2.15 bits per heavy atom. The van der Waals surface area contributed by atoms with Crippen LogP contribution in [0.25, 0.3) is 0 Å². The first-order valence-electron chi connectivity index (χ1n) is 7.30. The first-order valence-corrected chi connectivity index (χ1v) is 7.30. The summed E-state index contributed by atoms with van der Waals surface area (Å²) in [5.41, 5.74) is -0.394. The minimum Gasteiger partial charge on any atom is -0.493 e. The molecule has 0 N–H and O–H groups in total. The molecule has 2 unspecified atom stereocenters. The third kappa shape index (κ3) is 1.67. The molecule has 1 saturated heterocycles. The van der Waals surface area contributed by atoms with Crippen molar-refractivity contribution in [2.45, 2.75) is 44.3 Å². The van der Waals surface area contributed by atoms with Crippen molar-refractivity contribution in [2.75, 3.05) is 13.2 Å². The normalized spacial score (nSPS) is 30.5. The van der Waals surface area contributed by atoms with Gasteiger partial charge in [0.15, 0.2) is 5.60 Å². The molecule has 0 radical (unpaired) electrons. The molecule has 2 atom stereocenters. The molecular weight excluding hydrogens is 256 g/mol. The number of epoxide rings is 1. The van der Waals surface area contributed by atoms with Crippen LogP contribution in [0.5, 0.6) is 5.75 Å². The van der Waals surface area contributed by atoms with Crippen LogP contribution in [-0.4, -0.2) is 24.8 Å². The van der Waals surface area contributed by atoms with Crippen molar-refractivity contribution < 1.29 is 19.0 Å². The van der Waals surface area contributed by atoms with Crippen molar-refractivity contribution in [3.8, 4) is 5.75 Å². The van der Waals surface area contributed by atoms with Gasteiger partial charge in [-0.05, 0) is 19.4 Å². The van der Waals surface area contributed by atoms with Gasteiger partial charge < -0.3 is 14.2 Å². The van der Waals surface area contributed by atoms with Crippen LogP contribution < -0.4 is 4.74 Å². The zero-order valence-electron chi connectivity index (χ0n) is 12.0. The Labute approximate surface area is 119 Å². The fourth-order valence-corrected chi connectivity index (χ4v) is 3.32. The lowest BCUT2D eigenvalue weighted by Gasteiger charge is -2.26. The van der Waals surface area contributed by atoms with E-state index in [-0.39, 0.29) is 5.97 Å². The van der Waals surface area contributed by atoms with Gasteiger partial charge >= 0.3 is 5.97 Å². The van der Waals surface area contributed by atoms with E-state index >= 15 is 0 Å². The number of carbonyl (C=O) groups excluding carboxylic acids is 1. The zero-order chi connectivity index (χ0) is 14.2. The lowest BCUT2D eigenvalue weighted by Crippen LogP contribution is -2.37. The van der Waals surface area contributed by atoms with Crippen LogP contribution >= 0.6 is 0 Å². The van der Waals surface area contributed by atoms with Gasteiger partial charge in [0.1, 0.15) is 11.4 Å². The van der Waals surface area contributed by atoms with E-state index in [0.717, 1.165) is 17.7 Å². The SMILES string of the molecule is CCCC1(C(=O)OCC)OC12CCOc1ccccc12. The van der Waals surface area contributed by atoms with E-state index in [9.17, 15) is 4.79 Å². The van der Waals surface area contributed by atoms with E-state index in [4.69, 9.17) is 14.2 Å². The van der Waals surface area contributed by atoms with E-state index in [0.29, 0.717) is 26.1 Å². The van der Waals surface area contributed by atoms with Gasteiger partial charge in [-0.3, -0.25) is 0 Å². The number of para-hydroxylation sites is 1. The Morgan fingerprint density at radius 1 is 1.35 bits per heavy atom. The fourth-order valence-electron chi connectivity index (χ4n) is 3.32. The Kier molecular flexibility index (Phi) is 3.21. The van der Waals surface area contributed by atoms with Crippen molar-refractivity contribution in [3.63, 3.8) is 0 Å². The molecule has 1 fully saturated rings. The minimum absolute atomic E-state index is 0.237. The second kappa shape index (κ2) is 4.77. The first kappa shape index (κ1) is 13.4. The summed E-state index contributed by atoms with van der Waals surface area (Å²) in [6.07, 6.45) is 2.26. The molecule has 1 aromatic rings. The Hall–Kier alpha value is -1.55. The summed E-state index contributed by atoms with van der Waals surface area (Å²) >= 11 is 0. The first-order chi connectivity index (χ1) is 9.70. The fraction of sp³-hybridized carbons (Fsp3) is 0.562. The molecule has 2 heterocycles. The van der Waals surface area contributed by atoms with Crippen molar-refractivity contribution in [1.82, 2.24) is 0 Å². The summed E-state index contributed by atoms with van der Waals surface area (Å²) in [4.78, 5) is 12.4. The van der Waals surface area contributed by atoms with E-state index in [1.807, 2.05) is 31.2 Å². The third-order valence-corrected chi connectivity index (χ3v) is 4.20. The smallest absolute Gasteiger partial charge is 0.341 e. The highest BCUT2D eigenvalue weighted by Crippen LogP contribution is 2.64. The third-order valence-electron chi connectivity index (χ3n) is 4.20. The van der Waals surface area contributed by atoms with Gasteiger partial charge in [-0.2, -0.15) is 0 Å². The maximum Gasteiger partial charge on any atom is 0.341 e. The summed E-state index contributed by atoms with van der Waals surface area (Å²) in [6.45, 7) is 4.83. The quantitative estimate of drug-likeness (QED) is 0.626. The molecule has 2 aliphatic heterocycles. The molecule has 0 amide bonds. The number of benzene rings is 1. The minimum atomic E-state index is -0.822. The molecule has 20 heavy (non-hydrogen) atoms. The van der Waals surface area contributed by atoms with Crippen LogP contribution in [-0.2, 0) is 19.9 Å². The molecule has 2 aliphatic rings. The maximum absolute atomic E-state index is 12.4. The van der Waals surface area contributed by atoms with Crippen molar-refractivity contribution in [2.24, 2.45) is 0 Å². The van der Waals surface area contributed by atoms with E-state index in [1.165, 1.54) is 0 Å². The summed E-state index contributed by atoms with van der Waals surface area (Å²) in [5.74, 6) is 0.583. The maximum atomic E-state index is 12.4. The number of hydrogen-bond acceptors (Lipinski definition) is 4. The average molecular weight is 276 g/mol. The lowest BCUT2D eigenvalue weighted by molar-refractivity contribution is -0.150. The van der Waals surface area contributed by atoms with Gasteiger partial charge in [0.25, 0.3) is 0 Å². The lowest BCUT2D eigenvalue weighted by atomic mass is 9.80. The van der Waals surface area contributed by atoms with E-state index in [2.05, 4.69) is 6.92 Å². The number of fused-ring (bicyclic) bond motifs is 2. The van der Waals surface area contributed by atoms with Crippen LogP contribution in [0.15, 0.2) is 24.3 Å². The standard InChI is InChI=1S/C16H20O4/c1-3-9-16(14(17)18-4-2)15(20-16)10-11-19-13-8-6-5-7-12(13)15/h5-8H,3-4,9-11H2,1-2H3. The van der Waals surface area contributed by atoms with E-state index in [1.54, 1.807) is 0 Å². The largest absolute Gasteiger partial charge is 0.493 e. The van der Waals surface area contributed by atoms with Crippen LogP contribution in [0, 0.1) is 0 Å². The monoisotopic (exact) mass is 276 g/mol. The molecule has 4 heteroatoms. The second-order valence-corrected chi connectivity index (χ2v) is 5.32. The number of rotatable bonds is 4. The molecule has 4 nitrogen and oxygen atoms in total. The Balaban J connectivity index is 2.00. The highest BCUT2D eigenvalue weighted by molar-refractivity contribution is 5.86. The highest BCUT2D eigenvalue weighted by atomic mass is 16.7. The van der Waals surface area contributed by atoms with Crippen molar-refractivity contribution >= 4 is 5.97 Å². The summed E-state index contributed by atoms with van der Waals surface area (Å²) in [6, 6.07) is 7.82. The topological polar surface area (TPSA) is 48.1 Å². The second-order valence-electron chi connectivity index (χ2n) is 5.32. The van der Waals surface area contributed by atoms with Crippen molar-refractivity contribution in [1.29, 1.82) is 0 Å². The van der Waals surface area contributed by atoms with Gasteiger partial charge in [-0.1, -0.05) is 31.5 Å². The van der Waals surface area contributed by atoms with Crippen LogP contribution in [0.4, 0.5) is 0 Å². The van der Waals surface area contributed by atoms with Crippen molar-refractivity contribution in [3.05, 3.63) is 29.8 Å². The summed E-state index contributed by atoms with van der Waals surface area (Å²) < 4.78 is 17.0. The van der Waals surface area contributed by atoms with E-state index < -0.39 is 11.2 Å². The highest BCUT2D eigenvalue weighted by Gasteiger charge is 2.76. The van der Waals surface area contributed by atoms with Crippen LogP contribution in [0.3, 0.4) is 0 Å². The molecule has 0 aromatic heterocycles. The zero-order valence-corrected chi connectivity index (χ0v) is 12.0. The van der Waals surface area contributed by atoms with Crippen LogP contribution in [0.2, 0.25) is 0 Å². The van der Waals surface area contributed by atoms with Gasteiger partial charge in [-0.15, -0.1) is 0 Å². The molecule has 3 rings (SSSR count). The Bertz CT molecular complexity index is 527. The Morgan fingerprint density at radius 3 is 2.90 bits per heavy atom. The molecule has 0 saturated carbocycles. The summed E-state index contributed by atoms with van der Waals surface area (Å²) in [5, 5.41) is 0. The predicted octanol–water partition coefficient (Wildman–Crippen LogP) is 2.80. The number of carbonyl (C=O) groups is 1. The molecule has 0 bridgehead atoms. The number of esters is 1.